The number of hydrogen-bond acceptors (Lipinski definition) is 7. The van der Waals surface area contributed by atoms with Crippen molar-refractivity contribution < 1.29 is 14.7 Å². The summed E-state index contributed by atoms with van der Waals surface area (Å²) in [6, 6.07) is 6.57. The van der Waals surface area contributed by atoms with Crippen molar-refractivity contribution in [2.24, 2.45) is 5.73 Å². The van der Waals surface area contributed by atoms with Gasteiger partial charge in [-0.25, -0.2) is 4.98 Å². The van der Waals surface area contributed by atoms with Crippen molar-refractivity contribution in [2.45, 2.75) is 63.6 Å². The fourth-order valence-electron chi connectivity index (χ4n) is 4.64. The number of aliphatic carboxylic acids is 1. The van der Waals surface area contributed by atoms with E-state index in [4.69, 9.17) is 15.8 Å². The van der Waals surface area contributed by atoms with E-state index in [2.05, 4.69) is 15.2 Å². The summed E-state index contributed by atoms with van der Waals surface area (Å²) < 4.78 is 0. The molecule has 1 amide bonds. The molecule has 1 fully saturated rings. The van der Waals surface area contributed by atoms with E-state index in [1.165, 1.54) is 12.8 Å². The average Bonchev–Trinajstić information content (AvgIpc) is 3.31. The molecule has 170 valence electrons. The van der Waals surface area contributed by atoms with Crippen molar-refractivity contribution in [3.8, 4) is 0 Å². The quantitative estimate of drug-likeness (QED) is 0.603. The second-order valence-electron chi connectivity index (χ2n) is 8.54. The third-order valence-electron chi connectivity index (χ3n) is 6.40. The summed E-state index contributed by atoms with van der Waals surface area (Å²) in [5.74, 6) is 0.327. The largest absolute Gasteiger partial charge is 0.480 e. The number of carboxylic acid groups (broad SMARTS) is 1. The zero-order valence-electron chi connectivity index (χ0n) is 18.5. The number of carbonyl (C=O) groups is 2. The van der Waals surface area contributed by atoms with Crippen LogP contribution in [0.2, 0.25) is 0 Å². The van der Waals surface area contributed by atoms with Crippen LogP contribution in [0.1, 0.15) is 44.6 Å². The minimum atomic E-state index is -1.02. The molecular weight excluding hydrogens is 408 g/mol. The van der Waals surface area contributed by atoms with Gasteiger partial charge < -0.3 is 26.0 Å². The lowest BCUT2D eigenvalue weighted by Gasteiger charge is -2.43. The fraction of sp³-hybridized carbons (Fsp3) is 0.478. The number of fused-ring (bicyclic) bond motifs is 1. The van der Waals surface area contributed by atoms with E-state index in [1.54, 1.807) is 18.1 Å². The average molecular weight is 439 g/mol. The van der Waals surface area contributed by atoms with Crippen LogP contribution in [-0.4, -0.2) is 52.1 Å². The Balaban J connectivity index is 1.59. The molecule has 0 saturated heterocycles. The van der Waals surface area contributed by atoms with E-state index in [9.17, 15) is 9.59 Å². The number of anilines is 4. The normalized spacial score (nSPS) is 19.7. The Morgan fingerprint density at radius 3 is 2.59 bits per heavy atom. The first-order valence-corrected chi connectivity index (χ1v) is 11.2. The molecule has 4 rings (SSSR count). The molecule has 9 heteroatoms. The molecule has 0 unspecified atom stereocenters. The van der Waals surface area contributed by atoms with Crippen molar-refractivity contribution in [3.63, 3.8) is 0 Å². The highest BCUT2D eigenvalue weighted by Gasteiger charge is 2.41. The Morgan fingerprint density at radius 1 is 1.28 bits per heavy atom. The number of carboxylic acids is 1. The summed E-state index contributed by atoms with van der Waals surface area (Å²) >= 11 is 0. The Kier molecular flexibility index (Phi) is 6.27. The SMILES string of the molecule is CC[C@@H]1C(=O)N(C)c2cnc(Nc3ccc(C[C@H](N)C(=O)O)cc3)nc2N1C1CCCC1. The molecule has 1 saturated carbocycles. The zero-order chi connectivity index (χ0) is 22.8. The lowest BCUT2D eigenvalue weighted by atomic mass is 10.0. The van der Waals surface area contributed by atoms with Crippen LogP contribution in [0.25, 0.3) is 0 Å². The fourth-order valence-corrected chi connectivity index (χ4v) is 4.64. The highest BCUT2D eigenvalue weighted by Crippen LogP contribution is 2.39. The molecule has 1 aliphatic carbocycles. The second-order valence-corrected chi connectivity index (χ2v) is 8.54. The third kappa shape index (κ3) is 4.25. The lowest BCUT2D eigenvalue weighted by molar-refractivity contribution is -0.138. The van der Waals surface area contributed by atoms with E-state index >= 15 is 0 Å². The van der Waals surface area contributed by atoms with Crippen LogP contribution < -0.4 is 20.9 Å². The lowest BCUT2D eigenvalue weighted by Crippen LogP contribution is -2.55. The number of nitrogens with two attached hydrogens (primary N) is 1. The van der Waals surface area contributed by atoms with E-state index in [1.807, 2.05) is 31.2 Å². The molecule has 2 atom stereocenters. The number of nitrogens with zero attached hydrogens (tertiary/aromatic N) is 4. The van der Waals surface area contributed by atoms with Crippen LogP contribution in [0, 0.1) is 0 Å². The van der Waals surface area contributed by atoms with Gasteiger partial charge in [-0.3, -0.25) is 9.59 Å². The molecule has 1 aliphatic heterocycles. The van der Waals surface area contributed by atoms with E-state index in [-0.39, 0.29) is 18.4 Å². The zero-order valence-corrected chi connectivity index (χ0v) is 18.5. The number of likely N-dealkylation sites (N-methyl/N-ethyl adjacent to an activating group) is 1. The van der Waals surface area contributed by atoms with Gasteiger partial charge in [0.1, 0.15) is 17.8 Å². The highest BCUT2D eigenvalue weighted by molar-refractivity contribution is 6.04. The maximum atomic E-state index is 13.0. The van der Waals surface area contributed by atoms with Gasteiger partial charge in [-0.2, -0.15) is 4.98 Å². The summed E-state index contributed by atoms with van der Waals surface area (Å²) in [5.41, 5.74) is 7.98. The third-order valence-corrected chi connectivity index (χ3v) is 6.40. The van der Waals surface area contributed by atoms with Crippen LogP contribution in [0.5, 0.6) is 0 Å². The smallest absolute Gasteiger partial charge is 0.320 e. The monoisotopic (exact) mass is 438 g/mol. The molecule has 0 spiro atoms. The first-order valence-electron chi connectivity index (χ1n) is 11.2. The molecule has 2 aromatic rings. The van der Waals surface area contributed by atoms with Crippen molar-refractivity contribution in [3.05, 3.63) is 36.0 Å². The molecule has 9 nitrogen and oxygen atoms in total. The number of benzene rings is 1. The van der Waals surface area contributed by atoms with Gasteiger partial charge in [-0.05, 0) is 43.4 Å². The van der Waals surface area contributed by atoms with Crippen LogP contribution >= 0.6 is 0 Å². The first kappa shape index (κ1) is 22.0. The molecule has 0 bridgehead atoms. The van der Waals surface area contributed by atoms with Crippen LogP contribution in [0.3, 0.4) is 0 Å². The van der Waals surface area contributed by atoms with Gasteiger partial charge in [0.15, 0.2) is 5.82 Å². The topological polar surface area (TPSA) is 125 Å². The van der Waals surface area contributed by atoms with Crippen molar-refractivity contribution in [2.75, 3.05) is 22.2 Å². The van der Waals surface area contributed by atoms with Gasteiger partial charge in [-0.15, -0.1) is 0 Å². The second kappa shape index (κ2) is 9.12. The standard InChI is InChI=1S/C23H30N6O3/c1-3-18-21(30)28(2)19-13-25-23(27-20(19)29(18)16-6-4-5-7-16)26-15-10-8-14(9-11-15)12-17(24)22(31)32/h8-11,13,16-18H,3-7,12,24H2,1-2H3,(H,31,32)(H,25,26,27)/t17-,18+/m0/s1. The number of amides is 1. The van der Waals surface area contributed by atoms with Crippen LogP contribution in [0.4, 0.5) is 23.1 Å². The summed E-state index contributed by atoms with van der Waals surface area (Å²) in [6.45, 7) is 2.04. The van der Waals surface area contributed by atoms with Gasteiger partial charge in [0.05, 0.1) is 6.20 Å². The summed E-state index contributed by atoms with van der Waals surface area (Å²) in [7, 11) is 1.78. The Bertz CT molecular complexity index is 990. The van der Waals surface area contributed by atoms with Gasteiger partial charge in [0, 0.05) is 18.8 Å². The van der Waals surface area contributed by atoms with E-state index in [0.717, 1.165) is 42.0 Å². The van der Waals surface area contributed by atoms with Gasteiger partial charge in [-0.1, -0.05) is 31.9 Å². The molecule has 1 aromatic carbocycles. The predicted octanol–water partition coefficient (Wildman–Crippen LogP) is 2.68. The van der Waals surface area contributed by atoms with E-state index in [0.29, 0.717) is 12.0 Å². The van der Waals surface area contributed by atoms with Crippen molar-refractivity contribution in [1.29, 1.82) is 0 Å². The van der Waals surface area contributed by atoms with Gasteiger partial charge in [0.25, 0.3) is 0 Å². The van der Waals surface area contributed by atoms with Crippen molar-refractivity contribution >= 4 is 35.0 Å². The summed E-state index contributed by atoms with van der Waals surface area (Å²) in [4.78, 5) is 37.1. The number of nitrogens with one attached hydrogen (secondary N) is 1. The number of carbonyl (C=O) groups excluding carboxylic acids is 1. The molecule has 0 radical (unpaired) electrons. The van der Waals surface area contributed by atoms with Crippen LogP contribution in [-0.2, 0) is 16.0 Å². The Morgan fingerprint density at radius 2 is 1.97 bits per heavy atom. The van der Waals surface area contributed by atoms with E-state index < -0.39 is 12.0 Å². The molecule has 4 N–H and O–H groups in total. The summed E-state index contributed by atoms with van der Waals surface area (Å²) in [6.07, 6.45) is 7.18. The Labute approximate surface area is 187 Å². The molecule has 1 aromatic heterocycles. The molecule has 2 aliphatic rings. The maximum Gasteiger partial charge on any atom is 0.320 e. The Hall–Kier alpha value is -3.20. The predicted molar refractivity (Wildman–Crippen MR) is 123 cm³/mol. The number of hydrogen-bond donors (Lipinski definition) is 3. The summed E-state index contributed by atoms with van der Waals surface area (Å²) in [5, 5.41) is 12.2. The molecule has 32 heavy (non-hydrogen) atoms. The molecular formula is C23H30N6O3. The van der Waals surface area contributed by atoms with Crippen LogP contribution in [0.15, 0.2) is 30.5 Å². The minimum Gasteiger partial charge on any atom is -0.480 e. The van der Waals surface area contributed by atoms with Crippen molar-refractivity contribution in [1.82, 2.24) is 9.97 Å². The maximum absolute atomic E-state index is 13.0. The first-order chi connectivity index (χ1) is 15.4. The molecule has 2 heterocycles. The highest BCUT2D eigenvalue weighted by atomic mass is 16.4. The minimum absolute atomic E-state index is 0.0892. The van der Waals surface area contributed by atoms with Gasteiger partial charge >= 0.3 is 5.97 Å². The van der Waals surface area contributed by atoms with Gasteiger partial charge in [0.2, 0.25) is 11.9 Å². The number of rotatable bonds is 7. The number of aromatic nitrogens is 2.